The highest BCUT2D eigenvalue weighted by Gasteiger charge is 2.31. The molecule has 2 unspecified atom stereocenters. The molecule has 0 radical (unpaired) electrons. The lowest BCUT2D eigenvalue weighted by molar-refractivity contribution is 0.0999. The van der Waals surface area contributed by atoms with Gasteiger partial charge in [0.25, 0.3) is 0 Å². The van der Waals surface area contributed by atoms with Gasteiger partial charge in [0.2, 0.25) is 5.91 Å². The zero-order valence-corrected chi connectivity index (χ0v) is 13.2. The molecule has 2 aliphatic heterocycles. The van der Waals surface area contributed by atoms with Crippen LogP contribution in [0, 0.1) is 0 Å². The summed E-state index contributed by atoms with van der Waals surface area (Å²) in [5.74, 6) is 1.09. The number of carbonyl (C=O) groups excluding carboxylic acids is 1. The van der Waals surface area contributed by atoms with E-state index in [1.54, 1.807) is 6.07 Å². The highest BCUT2D eigenvalue weighted by Crippen LogP contribution is 2.35. The minimum Gasteiger partial charge on any atom is -0.457 e. The predicted molar refractivity (Wildman–Crippen MR) is 88.4 cm³/mol. The first kappa shape index (κ1) is 15.2. The first-order valence-electron chi connectivity index (χ1n) is 8.11. The van der Waals surface area contributed by atoms with Crippen LogP contribution in [0.3, 0.4) is 0 Å². The number of hydrogen-bond donors (Lipinski definition) is 1. The summed E-state index contributed by atoms with van der Waals surface area (Å²) in [6, 6.07) is 13.2. The van der Waals surface area contributed by atoms with Gasteiger partial charge in [-0.05, 0) is 29.8 Å². The number of ether oxygens (including phenoxy) is 3. The maximum atomic E-state index is 11.9. The standard InChI is InChI=1S/C19H19NO4/c20-19(21)15-6-7-18(24-12-4-2-1-3-5-12)17(9-14-11-23-14)16(15)8-13-10-22-13/h1-7,13-14H,8-11H2,(H2,20,21). The molecular weight excluding hydrogens is 306 g/mol. The lowest BCUT2D eigenvalue weighted by Crippen LogP contribution is -2.17. The van der Waals surface area contributed by atoms with E-state index in [4.69, 9.17) is 19.9 Å². The Kier molecular flexibility index (Phi) is 3.96. The monoisotopic (exact) mass is 325 g/mol. The summed E-state index contributed by atoms with van der Waals surface area (Å²) in [5.41, 5.74) is 8.04. The molecule has 2 aliphatic rings. The van der Waals surface area contributed by atoms with Crippen molar-refractivity contribution in [2.75, 3.05) is 13.2 Å². The van der Waals surface area contributed by atoms with Gasteiger partial charge in [-0.3, -0.25) is 4.79 Å². The average molecular weight is 325 g/mol. The molecule has 24 heavy (non-hydrogen) atoms. The molecule has 2 N–H and O–H groups in total. The Morgan fingerprint density at radius 1 is 1.00 bits per heavy atom. The lowest BCUT2D eigenvalue weighted by Gasteiger charge is -2.17. The average Bonchev–Trinajstić information content (AvgIpc) is 3.47. The van der Waals surface area contributed by atoms with Crippen molar-refractivity contribution in [1.82, 2.24) is 0 Å². The minimum atomic E-state index is -0.421. The summed E-state index contributed by atoms with van der Waals surface area (Å²) in [6.07, 6.45) is 1.73. The van der Waals surface area contributed by atoms with Crippen molar-refractivity contribution < 1.29 is 19.0 Å². The van der Waals surface area contributed by atoms with Crippen molar-refractivity contribution >= 4 is 5.91 Å². The molecule has 2 fully saturated rings. The number of amides is 1. The second-order valence-corrected chi connectivity index (χ2v) is 6.17. The van der Waals surface area contributed by atoms with Crippen molar-refractivity contribution in [3.63, 3.8) is 0 Å². The van der Waals surface area contributed by atoms with E-state index in [0.717, 1.165) is 35.8 Å². The van der Waals surface area contributed by atoms with E-state index in [9.17, 15) is 4.79 Å². The van der Waals surface area contributed by atoms with E-state index >= 15 is 0 Å². The van der Waals surface area contributed by atoms with Crippen LogP contribution in [-0.4, -0.2) is 31.3 Å². The first-order valence-corrected chi connectivity index (χ1v) is 8.11. The van der Waals surface area contributed by atoms with Crippen LogP contribution in [0.15, 0.2) is 42.5 Å². The lowest BCUT2D eigenvalue weighted by atomic mass is 9.93. The van der Waals surface area contributed by atoms with Crippen molar-refractivity contribution in [3.05, 3.63) is 59.2 Å². The molecule has 2 atom stereocenters. The molecule has 0 aliphatic carbocycles. The molecule has 4 rings (SSSR count). The summed E-state index contributed by atoms with van der Waals surface area (Å²) >= 11 is 0. The van der Waals surface area contributed by atoms with Crippen LogP contribution in [0.2, 0.25) is 0 Å². The molecular formula is C19H19NO4. The van der Waals surface area contributed by atoms with Crippen LogP contribution in [0.4, 0.5) is 0 Å². The molecule has 124 valence electrons. The van der Waals surface area contributed by atoms with Crippen LogP contribution < -0.4 is 10.5 Å². The topological polar surface area (TPSA) is 77.4 Å². The largest absolute Gasteiger partial charge is 0.457 e. The third-order valence-electron chi connectivity index (χ3n) is 4.29. The number of rotatable bonds is 7. The number of epoxide rings is 2. The van der Waals surface area contributed by atoms with Gasteiger partial charge in [0.05, 0.1) is 25.4 Å². The Hall–Kier alpha value is -2.37. The predicted octanol–water partition coefficient (Wildman–Crippen LogP) is 2.46. The summed E-state index contributed by atoms with van der Waals surface area (Å²) in [4.78, 5) is 11.9. The van der Waals surface area contributed by atoms with Crippen molar-refractivity contribution in [2.45, 2.75) is 25.0 Å². The molecule has 2 aromatic carbocycles. The van der Waals surface area contributed by atoms with E-state index < -0.39 is 5.91 Å². The van der Waals surface area contributed by atoms with Crippen molar-refractivity contribution in [3.8, 4) is 11.5 Å². The van der Waals surface area contributed by atoms with Crippen LogP contribution >= 0.6 is 0 Å². The molecule has 0 aromatic heterocycles. The van der Waals surface area contributed by atoms with Crippen molar-refractivity contribution in [1.29, 1.82) is 0 Å². The molecule has 1 amide bonds. The maximum absolute atomic E-state index is 11.9. The Bertz CT molecular complexity index is 751. The fourth-order valence-electron chi connectivity index (χ4n) is 2.90. The Labute approximate surface area is 140 Å². The Morgan fingerprint density at radius 2 is 1.62 bits per heavy atom. The van der Waals surface area contributed by atoms with Crippen LogP contribution in [-0.2, 0) is 22.3 Å². The number of para-hydroxylation sites is 1. The van der Waals surface area contributed by atoms with Gasteiger partial charge in [0, 0.05) is 24.0 Å². The van der Waals surface area contributed by atoms with E-state index in [1.807, 2.05) is 36.4 Å². The van der Waals surface area contributed by atoms with Gasteiger partial charge < -0.3 is 19.9 Å². The third kappa shape index (κ3) is 3.42. The fourth-order valence-corrected chi connectivity index (χ4v) is 2.90. The Balaban J connectivity index is 1.74. The second-order valence-electron chi connectivity index (χ2n) is 6.17. The number of carbonyl (C=O) groups is 1. The van der Waals surface area contributed by atoms with Gasteiger partial charge >= 0.3 is 0 Å². The van der Waals surface area contributed by atoms with Gasteiger partial charge in [0.15, 0.2) is 0 Å². The van der Waals surface area contributed by atoms with E-state index in [0.29, 0.717) is 18.4 Å². The molecule has 2 aromatic rings. The maximum Gasteiger partial charge on any atom is 0.248 e. The molecule has 2 saturated heterocycles. The van der Waals surface area contributed by atoms with Gasteiger partial charge in [-0.15, -0.1) is 0 Å². The summed E-state index contributed by atoms with van der Waals surface area (Å²) in [7, 11) is 0. The minimum absolute atomic E-state index is 0.161. The summed E-state index contributed by atoms with van der Waals surface area (Å²) in [5, 5.41) is 0. The number of hydrogen-bond acceptors (Lipinski definition) is 4. The summed E-state index contributed by atoms with van der Waals surface area (Å²) < 4.78 is 16.8. The van der Waals surface area contributed by atoms with E-state index in [1.165, 1.54) is 0 Å². The number of benzene rings is 2. The van der Waals surface area contributed by atoms with E-state index in [2.05, 4.69) is 0 Å². The zero-order chi connectivity index (χ0) is 16.5. The fraction of sp³-hybridized carbons (Fsp3) is 0.316. The highest BCUT2D eigenvalue weighted by molar-refractivity contribution is 5.95. The molecule has 2 heterocycles. The Morgan fingerprint density at radius 3 is 2.21 bits per heavy atom. The molecule has 0 spiro atoms. The van der Waals surface area contributed by atoms with Gasteiger partial charge in [0.1, 0.15) is 11.5 Å². The van der Waals surface area contributed by atoms with Gasteiger partial charge in [-0.1, -0.05) is 18.2 Å². The summed E-state index contributed by atoms with van der Waals surface area (Å²) in [6.45, 7) is 1.46. The van der Waals surface area contributed by atoms with Gasteiger partial charge in [-0.25, -0.2) is 0 Å². The highest BCUT2D eigenvalue weighted by atomic mass is 16.6. The van der Waals surface area contributed by atoms with Crippen LogP contribution in [0.1, 0.15) is 21.5 Å². The normalized spacial score (nSPS) is 21.3. The van der Waals surface area contributed by atoms with Crippen LogP contribution in [0.25, 0.3) is 0 Å². The van der Waals surface area contributed by atoms with Crippen molar-refractivity contribution in [2.24, 2.45) is 5.73 Å². The van der Waals surface area contributed by atoms with E-state index in [-0.39, 0.29) is 12.2 Å². The number of nitrogens with two attached hydrogens (primary N) is 1. The second kappa shape index (κ2) is 6.26. The SMILES string of the molecule is NC(=O)c1ccc(Oc2ccccc2)c(CC2CO2)c1CC1CO1. The molecule has 5 heteroatoms. The zero-order valence-electron chi connectivity index (χ0n) is 13.2. The third-order valence-corrected chi connectivity index (χ3v) is 4.29. The quantitative estimate of drug-likeness (QED) is 0.793. The first-order chi connectivity index (χ1) is 11.7. The molecule has 0 saturated carbocycles. The molecule has 0 bridgehead atoms. The van der Waals surface area contributed by atoms with Crippen LogP contribution in [0.5, 0.6) is 11.5 Å². The smallest absolute Gasteiger partial charge is 0.248 e. The van der Waals surface area contributed by atoms with Gasteiger partial charge in [-0.2, -0.15) is 0 Å². The molecule has 5 nitrogen and oxygen atoms in total. The number of primary amides is 1.